The zero-order valence-electron chi connectivity index (χ0n) is 31.7. The van der Waals surface area contributed by atoms with Crippen LogP contribution in [-0.2, 0) is 32.0 Å². The average molecular weight is 769 g/mol. The minimum atomic E-state index is -0.948. The van der Waals surface area contributed by atoms with E-state index in [0.29, 0.717) is 23.9 Å². The molecule has 0 aromatic heterocycles. The van der Waals surface area contributed by atoms with E-state index < -0.39 is 24.1 Å². The lowest BCUT2D eigenvalue weighted by molar-refractivity contribution is -0.131. The van der Waals surface area contributed by atoms with Crippen LogP contribution in [-0.4, -0.2) is 74.4 Å². The van der Waals surface area contributed by atoms with Gasteiger partial charge in [-0.2, -0.15) is 0 Å². The highest BCUT2D eigenvalue weighted by atomic mass is 16.5. The number of esters is 2. The molecule has 0 heterocycles. The SMILES string of the molecule is COc1ccc(CC(C)NCC(O)c2ccc(OC(=O)/C=C/C(=O)Oc3ccc(C(O)CNC(C)Cc4ccc(OC)cc4)cc3NC=O)c(NC=O)c2)cc1. The molecule has 4 aromatic rings. The number of aliphatic hydroxyl groups excluding tert-OH is 2. The fraction of sp³-hybridized carbons (Fsp3) is 0.286. The Kier molecular flexibility index (Phi) is 16.6. The van der Waals surface area contributed by atoms with Crippen LogP contribution in [0.2, 0.25) is 0 Å². The van der Waals surface area contributed by atoms with E-state index in [4.69, 9.17) is 18.9 Å². The van der Waals surface area contributed by atoms with Gasteiger partial charge in [0.05, 0.1) is 37.8 Å². The number of hydrogen-bond donors (Lipinski definition) is 6. The van der Waals surface area contributed by atoms with Crippen LogP contribution in [0.25, 0.3) is 0 Å². The topological polar surface area (TPSA) is 194 Å². The quantitative estimate of drug-likeness (QED) is 0.0286. The molecule has 4 rings (SSSR count). The number of anilines is 2. The molecule has 0 aliphatic heterocycles. The van der Waals surface area contributed by atoms with Crippen molar-refractivity contribution in [2.24, 2.45) is 0 Å². The molecule has 0 aliphatic carbocycles. The molecule has 0 aliphatic rings. The third-order valence-electron chi connectivity index (χ3n) is 8.70. The van der Waals surface area contributed by atoms with E-state index in [-0.39, 0.29) is 48.0 Å². The summed E-state index contributed by atoms with van der Waals surface area (Å²) in [6, 6.07) is 24.5. The Labute approximate surface area is 325 Å². The van der Waals surface area contributed by atoms with Crippen molar-refractivity contribution >= 4 is 36.1 Å². The Balaban J connectivity index is 1.29. The van der Waals surface area contributed by atoms with Crippen LogP contribution < -0.4 is 40.2 Å². The second-order valence-electron chi connectivity index (χ2n) is 13.0. The smallest absolute Gasteiger partial charge is 0.336 e. The lowest BCUT2D eigenvalue weighted by atomic mass is 10.1. The van der Waals surface area contributed by atoms with E-state index >= 15 is 0 Å². The number of hydrogen-bond acceptors (Lipinski definition) is 12. The number of carbonyl (C=O) groups excluding carboxylic acids is 4. The summed E-state index contributed by atoms with van der Waals surface area (Å²) in [7, 11) is 3.22. The van der Waals surface area contributed by atoms with Crippen molar-refractivity contribution in [3.63, 3.8) is 0 Å². The zero-order chi connectivity index (χ0) is 40.5. The molecular formula is C42H48N4O10. The number of carbonyl (C=O) groups is 4. The molecule has 14 nitrogen and oxygen atoms in total. The third kappa shape index (κ3) is 13.4. The Hall–Kier alpha value is -6.06. The maximum absolute atomic E-state index is 12.6. The summed E-state index contributed by atoms with van der Waals surface area (Å²) in [5.74, 6) is -0.393. The first kappa shape index (κ1) is 42.7. The molecule has 4 unspecified atom stereocenters. The summed E-state index contributed by atoms with van der Waals surface area (Å²) in [5.41, 5.74) is 3.39. The maximum atomic E-state index is 12.6. The second kappa shape index (κ2) is 21.7. The standard InChI is InChI=1S/C42H48N4O10/c1-27(19-29-5-11-33(53-3)12-6-29)43-23-37(49)31-9-15-39(35(21-31)45-25-47)55-41(51)17-18-42(52)56-40-16-10-32(22-36(40)46-26-48)38(50)24-44-28(2)20-30-7-13-34(54-4)14-8-30/h5-18,21-22,25-28,37-38,43-44,49-50H,19-20,23-24H2,1-4H3,(H,45,47)(H,46,48)/b18-17+. The van der Waals surface area contributed by atoms with Crippen molar-refractivity contribution in [3.05, 3.63) is 119 Å². The van der Waals surface area contributed by atoms with E-state index in [0.717, 1.165) is 47.6 Å². The second-order valence-corrected chi connectivity index (χ2v) is 13.0. The molecule has 0 saturated carbocycles. The number of benzene rings is 4. The Bertz CT molecular complexity index is 1800. The molecule has 0 spiro atoms. The molecule has 6 N–H and O–H groups in total. The molecule has 0 radical (unpaired) electrons. The molecular weight excluding hydrogens is 720 g/mol. The molecule has 0 bridgehead atoms. The minimum absolute atomic E-state index is 0.0202. The van der Waals surface area contributed by atoms with Gasteiger partial charge in [-0.15, -0.1) is 0 Å². The van der Waals surface area contributed by atoms with Crippen molar-refractivity contribution in [2.45, 2.75) is 51.0 Å². The average Bonchev–Trinajstić information content (AvgIpc) is 3.20. The fourth-order valence-corrected chi connectivity index (χ4v) is 5.70. The van der Waals surface area contributed by atoms with Gasteiger partial charge in [0, 0.05) is 37.3 Å². The van der Waals surface area contributed by atoms with Crippen molar-refractivity contribution in [2.75, 3.05) is 37.9 Å². The van der Waals surface area contributed by atoms with Gasteiger partial charge in [0.2, 0.25) is 12.8 Å². The predicted octanol–water partition coefficient (Wildman–Crippen LogP) is 4.42. The van der Waals surface area contributed by atoms with Gasteiger partial charge in [0.25, 0.3) is 0 Å². The molecule has 0 saturated heterocycles. The Morgan fingerprint density at radius 2 is 0.982 bits per heavy atom. The summed E-state index contributed by atoms with van der Waals surface area (Å²) in [5, 5.41) is 33.2. The fourth-order valence-electron chi connectivity index (χ4n) is 5.70. The van der Waals surface area contributed by atoms with E-state index in [1.165, 1.54) is 24.3 Å². The first-order valence-electron chi connectivity index (χ1n) is 17.9. The van der Waals surface area contributed by atoms with E-state index in [9.17, 15) is 29.4 Å². The maximum Gasteiger partial charge on any atom is 0.336 e. The van der Waals surface area contributed by atoms with Gasteiger partial charge in [-0.3, -0.25) is 9.59 Å². The summed E-state index contributed by atoms with van der Waals surface area (Å²) >= 11 is 0. The van der Waals surface area contributed by atoms with Gasteiger partial charge in [-0.1, -0.05) is 36.4 Å². The van der Waals surface area contributed by atoms with Gasteiger partial charge in [0.1, 0.15) is 11.5 Å². The van der Waals surface area contributed by atoms with E-state index in [2.05, 4.69) is 21.3 Å². The summed E-state index contributed by atoms with van der Waals surface area (Å²) in [4.78, 5) is 47.9. The number of nitrogens with one attached hydrogen (secondary N) is 4. The Morgan fingerprint density at radius 1 is 0.607 bits per heavy atom. The van der Waals surface area contributed by atoms with Crippen LogP contribution in [0.15, 0.2) is 97.1 Å². The number of amides is 2. The first-order chi connectivity index (χ1) is 27.0. The molecule has 4 atom stereocenters. The predicted molar refractivity (Wildman–Crippen MR) is 211 cm³/mol. The molecule has 56 heavy (non-hydrogen) atoms. The van der Waals surface area contributed by atoms with Crippen LogP contribution in [0.5, 0.6) is 23.0 Å². The van der Waals surface area contributed by atoms with Gasteiger partial charge >= 0.3 is 11.9 Å². The summed E-state index contributed by atoms with van der Waals surface area (Å²) in [6.45, 7) is 4.44. The molecule has 2 amide bonds. The number of ether oxygens (including phenoxy) is 4. The lowest BCUT2D eigenvalue weighted by Gasteiger charge is -2.19. The van der Waals surface area contributed by atoms with Crippen LogP contribution in [0.1, 0.15) is 48.3 Å². The molecule has 296 valence electrons. The lowest BCUT2D eigenvalue weighted by Crippen LogP contribution is -2.32. The number of aliphatic hydroxyl groups is 2. The molecule has 14 heteroatoms. The number of methoxy groups -OCH3 is 2. The van der Waals surface area contributed by atoms with Crippen LogP contribution in [0.4, 0.5) is 11.4 Å². The highest BCUT2D eigenvalue weighted by Crippen LogP contribution is 2.30. The van der Waals surface area contributed by atoms with Crippen molar-refractivity contribution in [3.8, 4) is 23.0 Å². The van der Waals surface area contributed by atoms with Crippen LogP contribution in [0, 0.1) is 0 Å². The minimum Gasteiger partial charge on any atom is -0.497 e. The van der Waals surface area contributed by atoms with Gasteiger partial charge in [-0.05, 0) is 97.5 Å². The molecule has 0 fully saturated rings. The molecule has 4 aromatic carbocycles. The normalized spacial score (nSPS) is 13.2. The monoisotopic (exact) mass is 768 g/mol. The number of rotatable bonds is 22. The third-order valence-corrected chi connectivity index (χ3v) is 8.70. The summed E-state index contributed by atoms with van der Waals surface area (Å²) < 4.78 is 21.1. The largest absolute Gasteiger partial charge is 0.497 e. The van der Waals surface area contributed by atoms with Crippen molar-refractivity contribution in [1.29, 1.82) is 0 Å². The van der Waals surface area contributed by atoms with Crippen LogP contribution in [0.3, 0.4) is 0 Å². The van der Waals surface area contributed by atoms with Crippen LogP contribution >= 0.6 is 0 Å². The Morgan fingerprint density at radius 3 is 1.32 bits per heavy atom. The van der Waals surface area contributed by atoms with Gasteiger partial charge in [0.15, 0.2) is 11.5 Å². The summed E-state index contributed by atoms with van der Waals surface area (Å²) in [6.07, 6.45) is 2.06. The van der Waals surface area contributed by atoms with E-state index in [1.807, 2.05) is 62.4 Å². The zero-order valence-corrected chi connectivity index (χ0v) is 31.7. The van der Waals surface area contributed by atoms with Crippen molar-refractivity contribution in [1.82, 2.24) is 10.6 Å². The van der Waals surface area contributed by atoms with Gasteiger partial charge in [-0.25, -0.2) is 9.59 Å². The highest BCUT2D eigenvalue weighted by molar-refractivity contribution is 5.94. The van der Waals surface area contributed by atoms with E-state index in [1.54, 1.807) is 26.4 Å². The highest BCUT2D eigenvalue weighted by Gasteiger charge is 2.17. The van der Waals surface area contributed by atoms with Gasteiger partial charge < -0.3 is 50.4 Å². The van der Waals surface area contributed by atoms with Crippen molar-refractivity contribution < 1.29 is 48.3 Å². The first-order valence-corrected chi connectivity index (χ1v) is 17.9.